The fourth-order valence-corrected chi connectivity index (χ4v) is 8.54. The van der Waals surface area contributed by atoms with Gasteiger partial charge >= 0.3 is 5.97 Å². The second-order valence-electron chi connectivity index (χ2n) is 18.6. The summed E-state index contributed by atoms with van der Waals surface area (Å²) in [5.41, 5.74) is 7.15. The van der Waals surface area contributed by atoms with E-state index in [9.17, 15) is 47.1 Å². The maximum Gasteiger partial charge on any atom is 0.326 e. The van der Waals surface area contributed by atoms with Gasteiger partial charge in [0.25, 0.3) is 0 Å². The Kier molecular flexibility index (Phi) is 27.3. The van der Waals surface area contributed by atoms with Gasteiger partial charge in [0.2, 0.25) is 35.4 Å². The zero-order chi connectivity index (χ0) is 49.8. The lowest BCUT2D eigenvalue weighted by Gasteiger charge is -2.26. The molecule has 6 amide bonds. The molecule has 2 aromatic rings. The average Bonchev–Trinajstić information content (AvgIpc) is 3.25. The van der Waals surface area contributed by atoms with Gasteiger partial charge in [-0.3, -0.25) is 28.8 Å². The number of amides is 6. The molecule has 0 aromatic heterocycles. The minimum atomic E-state index is -3.67. The minimum absolute atomic E-state index is 0.000980. The van der Waals surface area contributed by atoms with Gasteiger partial charge in [0, 0.05) is 31.9 Å². The number of nitrogens with one attached hydrogen (secondary N) is 5. The van der Waals surface area contributed by atoms with E-state index in [1.165, 1.54) is 0 Å². The van der Waals surface area contributed by atoms with Crippen molar-refractivity contribution in [3.8, 4) is 0 Å². The Balaban J connectivity index is 1.65. The third-order valence-corrected chi connectivity index (χ3v) is 12.2. The first-order valence-corrected chi connectivity index (χ1v) is 26.1. The summed E-state index contributed by atoms with van der Waals surface area (Å²) in [5, 5.41) is 23.0. The Bertz CT molecular complexity index is 1950. The van der Waals surface area contributed by atoms with Crippen LogP contribution in [0.3, 0.4) is 0 Å². The largest absolute Gasteiger partial charge is 0.480 e. The Hall–Kier alpha value is -5.32. The van der Waals surface area contributed by atoms with Crippen LogP contribution >= 0.6 is 0 Å². The first-order valence-electron chi connectivity index (χ1n) is 24.0. The maximum absolute atomic E-state index is 13.5. The summed E-state index contributed by atoms with van der Waals surface area (Å²) in [7, 11) is -3.67. The Morgan fingerprint density at radius 2 is 0.821 bits per heavy atom. The number of carbonyl (C=O) groups is 7. The third-order valence-electron chi connectivity index (χ3n) is 11.2. The van der Waals surface area contributed by atoms with Crippen molar-refractivity contribution in [3.05, 3.63) is 71.8 Å². The van der Waals surface area contributed by atoms with Crippen LogP contribution in [0.4, 0.5) is 0 Å². The molecule has 0 aliphatic rings. The molecule has 0 saturated carbocycles. The maximum atomic E-state index is 13.5. The lowest BCUT2D eigenvalue weighted by atomic mass is 9.99. The van der Waals surface area contributed by atoms with Crippen molar-refractivity contribution >= 4 is 51.2 Å². The van der Waals surface area contributed by atoms with Gasteiger partial charge < -0.3 is 37.4 Å². The SMILES string of the molecule is CC(C)C[C@H](NC(=O)CCCCCCCCCCCCCCC(=O)N[C@@H](CS(C)(=O)=O)C(=O)N[C@@H](Cc1ccccc1)C(=O)O)C(=O)N[C@@H](CC(C)C)C(=O)N[C@@H](Cc1ccccc1)C(N)=O. The van der Waals surface area contributed by atoms with Gasteiger partial charge in [-0.2, -0.15) is 0 Å². The average molecular weight is 955 g/mol. The number of carbonyl (C=O) groups excluding carboxylic acids is 6. The van der Waals surface area contributed by atoms with Crippen LogP contribution in [0.15, 0.2) is 60.7 Å². The van der Waals surface area contributed by atoms with E-state index in [4.69, 9.17) is 5.73 Å². The predicted molar refractivity (Wildman–Crippen MR) is 260 cm³/mol. The van der Waals surface area contributed by atoms with Crippen LogP contribution in [0.2, 0.25) is 0 Å². The molecule has 0 heterocycles. The van der Waals surface area contributed by atoms with Crippen LogP contribution in [0, 0.1) is 11.8 Å². The summed E-state index contributed by atoms with van der Waals surface area (Å²) in [6.07, 6.45) is 13.6. The van der Waals surface area contributed by atoms with Crippen molar-refractivity contribution in [2.75, 3.05) is 12.0 Å². The number of benzene rings is 2. The number of aliphatic carboxylic acids is 1. The number of carboxylic acid groups (broad SMARTS) is 1. The summed E-state index contributed by atoms with van der Waals surface area (Å²) in [6, 6.07) is 12.5. The third kappa shape index (κ3) is 26.6. The predicted octanol–water partition coefficient (Wildman–Crippen LogP) is 5.06. The van der Waals surface area contributed by atoms with E-state index >= 15 is 0 Å². The van der Waals surface area contributed by atoms with Crippen molar-refractivity contribution in [2.24, 2.45) is 17.6 Å². The molecule has 0 fully saturated rings. The summed E-state index contributed by atoms with van der Waals surface area (Å²) >= 11 is 0. The Morgan fingerprint density at radius 3 is 1.19 bits per heavy atom. The fraction of sp³-hybridized carbons (Fsp3) is 0.620. The molecule has 5 atom stereocenters. The number of primary amides is 1. The Morgan fingerprint density at radius 1 is 0.493 bits per heavy atom. The molecule has 8 N–H and O–H groups in total. The number of nitrogens with two attached hydrogens (primary N) is 1. The molecule has 67 heavy (non-hydrogen) atoms. The normalized spacial score (nSPS) is 13.7. The molecule has 0 aliphatic heterocycles. The van der Waals surface area contributed by atoms with E-state index in [1.807, 2.05) is 58.0 Å². The number of carboxylic acids is 1. The lowest BCUT2D eigenvalue weighted by molar-refractivity contribution is -0.142. The molecule has 0 aliphatic carbocycles. The molecule has 0 spiro atoms. The summed E-state index contributed by atoms with van der Waals surface area (Å²) in [6.45, 7) is 7.78. The molecule has 17 heteroatoms. The van der Waals surface area contributed by atoms with Crippen molar-refractivity contribution in [1.29, 1.82) is 0 Å². The van der Waals surface area contributed by atoms with Gasteiger partial charge in [0.05, 0.1) is 5.75 Å². The highest BCUT2D eigenvalue weighted by Crippen LogP contribution is 2.15. The van der Waals surface area contributed by atoms with Crippen molar-refractivity contribution < 1.29 is 47.1 Å². The molecule has 2 rings (SSSR count). The monoisotopic (exact) mass is 955 g/mol. The van der Waals surface area contributed by atoms with Crippen LogP contribution in [0.25, 0.3) is 0 Å². The minimum Gasteiger partial charge on any atom is -0.480 e. The van der Waals surface area contributed by atoms with E-state index in [-0.39, 0.29) is 43.4 Å². The van der Waals surface area contributed by atoms with Crippen LogP contribution in [0.1, 0.15) is 142 Å². The van der Waals surface area contributed by atoms with Crippen LogP contribution in [-0.2, 0) is 56.2 Å². The van der Waals surface area contributed by atoms with Gasteiger partial charge in [-0.25, -0.2) is 13.2 Å². The quantitative estimate of drug-likeness (QED) is 0.0452. The standard InChI is InChI=1S/C50H78N6O10S/c1-35(2)30-40(47(60)55-41(31-36(3)4)48(61)54-39(46(51)59)32-37-24-18-16-19-25-37)52-44(57)28-22-14-12-10-8-6-7-9-11-13-15-23-29-45(58)53-43(34-67(5,65)66)49(62)56-42(50(63)64)33-38-26-20-17-21-27-38/h16-21,24-27,35-36,39-43H,6-15,22-23,28-34H2,1-5H3,(H2,51,59)(H,52,57)(H,53,58)(H,54,61)(H,55,60)(H,56,62)(H,63,64)/t39-,40-,41-,42-,43-/m0/s1. The van der Waals surface area contributed by atoms with E-state index in [0.717, 1.165) is 76.0 Å². The first kappa shape index (κ1) is 57.8. The molecule has 0 saturated heterocycles. The van der Waals surface area contributed by atoms with E-state index in [1.54, 1.807) is 30.3 Å². The highest BCUT2D eigenvalue weighted by Gasteiger charge is 2.31. The molecule has 0 bridgehead atoms. The topological polar surface area (TPSA) is 260 Å². The van der Waals surface area contributed by atoms with Crippen molar-refractivity contribution in [3.63, 3.8) is 0 Å². The smallest absolute Gasteiger partial charge is 0.326 e. The van der Waals surface area contributed by atoms with E-state index < -0.39 is 81.3 Å². The lowest BCUT2D eigenvalue weighted by Crippen LogP contribution is -2.57. The van der Waals surface area contributed by atoms with Crippen LogP contribution in [0.5, 0.6) is 0 Å². The molecule has 0 unspecified atom stereocenters. The number of hydrogen-bond donors (Lipinski definition) is 7. The highest BCUT2D eigenvalue weighted by molar-refractivity contribution is 7.90. The summed E-state index contributed by atoms with van der Waals surface area (Å²) in [4.78, 5) is 89.7. The number of sulfone groups is 1. The van der Waals surface area contributed by atoms with E-state index in [0.29, 0.717) is 31.2 Å². The molecule has 16 nitrogen and oxygen atoms in total. The number of hydrogen-bond acceptors (Lipinski definition) is 9. The van der Waals surface area contributed by atoms with Gasteiger partial charge in [0.15, 0.2) is 0 Å². The summed E-state index contributed by atoms with van der Waals surface area (Å²) in [5.74, 6) is -4.94. The molecular weight excluding hydrogens is 877 g/mol. The zero-order valence-electron chi connectivity index (χ0n) is 40.4. The van der Waals surface area contributed by atoms with Crippen LogP contribution < -0.4 is 32.3 Å². The fourth-order valence-electron chi connectivity index (χ4n) is 7.70. The van der Waals surface area contributed by atoms with Gasteiger partial charge in [-0.15, -0.1) is 0 Å². The zero-order valence-corrected chi connectivity index (χ0v) is 41.2. The summed E-state index contributed by atoms with van der Waals surface area (Å²) < 4.78 is 24.1. The van der Waals surface area contributed by atoms with Crippen molar-refractivity contribution in [1.82, 2.24) is 26.6 Å². The van der Waals surface area contributed by atoms with Gasteiger partial charge in [-0.05, 0) is 48.6 Å². The molecule has 2 aromatic carbocycles. The van der Waals surface area contributed by atoms with Crippen molar-refractivity contribution in [2.45, 2.75) is 173 Å². The molecular formula is C50H78N6O10S. The van der Waals surface area contributed by atoms with E-state index in [2.05, 4.69) is 26.6 Å². The highest BCUT2D eigenvalue weighted by atomic mass is 32.2. The van der Waals surface area contributed by atoms with Crippen LogP contribution in [-0.4, -0.2) is 97.2 Å². The number of rotatable bonds is 35. The second-order valence-corrected chi connectivity index (χ2v) is 20.8. The number of unbranched alkanes of at least 4 members (excludes halogenated alkanes) is 11. The Labute approximate surface area is 398 Å². The molecule has 374 valence electrons. The van der Waals surface area contributed by atoms with Gasteiger partial charge in [-0.1, -0.05) is 153 Å². The first-order chi connectivity index (χ1) is 31.7. The molecule has 0 radical (unpaired) electrons. The van der Waals surface area contributed by atoms with Gasteiger partial charge in [0.1, 0.15) is 40.0 Å². The second kappa shape index (κ2) is 31.6.